The largest absolute Gasteiger partial charge is 0.393 e. The average Bonchev–Trinajstić information content (AvgIpc) is 3.16. The van der Waals surface area contributed by atoms with Crippen LogP contribution in [0.3, 0.4) is 0 Å². The summed E-state index contributed by atoms with van der Waals surface area (Å²) in [6.45, 7) is -1.06. The number of rotatable bonds is 7. The van der Waals surface area contributed by atoms with Crippen molar-refractivity contribution in [3.63, 3.8) is 0 Å². The molecule has 1 aliphatic rings. The molecule has 3 rings (SSSR count). The molecule has 2 aromatic heterocycles. The Morgan fingerprint density at radius 3 is 2.89 bits per heavy atom. The van der Waals surface area contributed by atoms with Crippen LogP contribution in [-0.2, 0) is 14.0 Å². The molecule has 0 bridgehead atoms. The van der Waals surface area contributed by atoms with Gasteiger partial charge in [-0.05, 0) is 11.6 Å². The molecule has 1 aliphatic heterocycles. The Balaban J connectivity index is 1.76. The van der Waals surface area contributed by atoms with Crippen LogP contribution in [-0.4, -0.2) is 78.1 Å². The van der Waals surface area contributed by atoms with Gasteiger partial charge in [0.15, 0.2) is 17.7 Å². The first-order valence-corrected chi connectivity index (χ1v) is 10.00. The zero-order chi connectivity index (χ0) is 19.8. The minimum Gasteiger partial charge on any atom is -0.393 e. The van der Waals surface area contributed by atoms with E-state index in [-0.39, 0.29) is 18.3 Å². The van der Waals surface area contributed by atoms with E-state index < -0.39 is 38.5 Å². The molecule has 0 aliphatic carbocycles. The number of aromatic nitrogens is 4. The van der Waals surface area contributed by atoms with E-state index in [4.69, 9.17) is 36.0 Å². The Bertz CT molecular complexity index is 861. The van der Waals surface area contributed by atoms with E-state index in [2.05, 4.69) is 20.4 Å². The number of nitrogens with zero attached hydrogens (tertiary/aromatic N) is 4. The smallest absolute Gasteiger partial charge is 0.356 e. The van der Waals surface area contributed by atoms with Crippen LogP contribution in [0.2, 0.25) is 5.28 Å². The van der Waals surface area contributed by atoms with Gasteiger partial charge >= 0.3 is 7.60 Å². The molecular formula is C13H19ClN5O7P. The van der Waals surface area contributed by atoms with Crippen molar-refractivity contribution in [1.29, 1.82) is 0 Å². The third-order valence-electron chi connectivity index (χ3n) is 4.08. The van der Waals surface area contributed by atoms with Crippen molar-refractivity contribution in [1.82, 2.24) is 19.7 Å². The Hall–Kier alpha value is -1.37. The van der Waals surface area contributed by atoms with Crippen LogP contribution in [0.1, 0.15) is 12.6 Å². The van der Waals surface area contributed by atoms with Crippen molar-refractivity contribution in [3.8, 4) is 0 Å². The molecule has 0 saturated carbocycles. The Morgan fingerprint density at radius 2 is 2.26 bits per heavy atom. The van der Waals surface area contributed by atoms with Gasteiger partial charge in [0.2, 0.25) is 5.28 Å². The zero-order valence-corrected chi connectivity index (χ0v) is 15.8. The topological polar surface area (TPSA) is 172 Å². The van der Waals surface area contributed by atoms with Crippen molar-refractivity contribution in [2.45, 2.75) is 30.7 Å². The van der Waals surface area contributed by atoms with E-state index in [1.807, 2.05) is 0 Å². The minimum absolute atomic E-state index is 0.00611. The van der Waals surface area contributed by atoms with Gasteiger partial charge in [0.1, 0.15) is 11.9 Å². The first kappa shape index (κ1) is 20.4. The normalized spacial score (nSPS) is 24.4. The molecule has 5 N–H and O–H groups in total. The molecule has 0 spiro atoms. The lowest BCUT2D eigenvalue weighted by atomic mass is 10.2. The fourth-order valence-electron chi connectivity index (χ4n) is 2.81. The average molecular weight is 424 g/mol. The number of hydrogen-bond donors (Lipinski definition) is 5. The van der Waals surface area contributed by atoms with E-state index in [0.29, 0.717) is 16.9 Å². The maximum atomic E-state index is 11.2. The van der Waals surface area contributed by atoms with Crippen molar-refractivity contribution < 1.29 is 34.0 Å². The van der Waals surface area contributed by atoms with Gasteiger partial charge in [0.05, 0.1) is 30.9 Å². The SMILES string of the molecule is CNc1nc(Cl)nc2c1cnn2[C@@H]1O[C@H](COC(CO)P(=O)(O)O)C[C@H]1O. The van der Waals surface area contributed by atoms with Crippen LogP contribution in [0.25, 0.3) is 11.0 Å². The van der Waals surface area contributed by atoms with Gasteiger partial charge in [0, 0.05) is 13.5 Å². The number of halogens is 1. The molecule has 27 heavy (non-hydrogen) atoms. The second kappa shape index (κ2) is 7.94. The lowest BCUT2D eigenvalue weighted by Gasteiger charge is -2.19. The number of hydrogen-bond acceptors (Lipinski definition) is 9. The molecule has 0 radical (unpaired) electrons. The highest BCUT2D eigenvalue weighted by molar-refractivity contribution is 7.52. The summed E-state index contributed by atoms with van der Waals surface area (Å²) in [5.41, 5.74) is 0.355. The van der Waals surface area contributed by atoms with Crippen molar-refractivity contribution in [2.24, 2.45) is 0 Å². The van der Waals surface area contributed by atoms with Gasteiger partial charge < -0.3 is 34.8 Å². The number of anilines is 1. The lowest BCUT2D eigenvalue weighted by molar-refractivity contribution is -0.0746. The monoisotopic (exact) mass is 423 g/mol. The minimum atomic E-state index is -4.60. The van der Waals surface area contributed by atoms with Crippen molar-refractivity contribution in [3.05, 3.63) is 11.5 Å². The number of nitrogens with one attached hydrogen (secondary N) is 1. The maximum absolute atomic E-state index is 11.2. The van der Waals surface area contributed by atoms with Gasteiger partial charge in [-0.2, -0.15) is 10.1 Å². The predicted octanol–water partition coefficient (Wildman–Crippen LogP) is -0.318. The highest BCUT2D eigenvalue weighted by atomic mass is 35.5. The van der Waals surface area contributed by atoms with Crippen molar-refractivity contribution >= 4 is 36.0 Å². The maximum Gasteiger partial charge on any atom is 0.356 e. The highest BCUT2D eigenvalue weighted by Crippen LogP contribution is 2.42. The van der Waals surface area contributed by atoms with Crippen LogP contribution in [0, 0.1) is 0 Å². The van der Waals surface area contributed by atoms with Gasteiger partial charge in [-0.15, -0.1) is 0 Å². The Morgan fingerprint density at radius 1 is 1.52 bits per heavy atom. The second-order valence-electron chi connectivity index (χ2n) is 5.93. The number of aliphatic hydroxyl groups excluding tert-OH is 2. The molecule has 1 saturated heterocycles. The summed E-state index contributed by atoms with van der Waals surface area (Å²) >= 11 is 5.92. The van der Waals surface area contributed by atoms with Crippen LogP contribution < -0.4 is 5.32 Å². The van der Waals surface area contributed by atoms with Gasteiger partial charge in [-0.25, -0.2) is 9.67 Å². The fraction of sp³-hybridized carbons (Fsp3) is 0.615. The lowest BCUT2D eigenvalue weighted by Crippen LogP contribution is -2.24. The summed E-state index contributed by atoms with van der Waals surface area (Å²) < 4.78 is 23.3. The third-order valence-corrected chi connectivity index (χ3v) is 5.31. The standard InChI is InChI=1S/C13H19ClN5O7P/c1-15-10-7-3-16-19(11(7)18-13(14)17-10)12-8(21)2-6(26-12)5-25-9(4-20)27(22,23)24/h3,6,8-9,12,20-21H,2,4-5H2,1H3,(H,15,17,18)(H2,22,23,24)/t6-,8+,9?,12+/m0/s1. The van der Waals surface area contributed by atoms with Gasteiger partial charge in [0.25, 0.3) is 0 Å². The molecule has 14 heteroatoms. The number of ether oxygens (including phenoxy) is 2. The fourth-order valence-corrected chi connectivity index (χ4v) is 3.47. The third kappa shape index (κ3) is 4.23. The summed E-state index contributed by atoms with van der Waals surface area (Å²) in [6, 6.07) is 0. The molecule has 1 fully saturated rings. The summed E-state index contributed by atoms with van der Waals surface area (Å²) in [6.07, 6.45) is -0.868. The van der Waals surface area contributed by atoms with Gasteiger partial charge in [-0.3, -0.25) is 4.57 Å². The molecule has 0 amide bonds. The summed E-state index contributed by atoms with van der Waals surface area (Å²) in [4.78, 5) is 26.3. The molecule has 150 valence electrons. The Kier molecular flexibility index (Phi) is 5.99. The Labute approximate surface area is 158 Å². The highest BCUT2D eigenvalue weighted by Gasteiger charge is 2.38. The van der Waals surface area contributed by atoms with E-state index in [1.165, 1.54) is 10.9 Å². The van der Waals surface area contributed by atoms with E-state index in [9.17, 15) is 9.67 Å². The summed E-state index contributed by atoms with van der Waals surface area (Å²) in [5, 5.41) is 27.0. The quantitative estimate of drug-likeness (QED) is 0.292. The predicted molar refractivity (Wildman–Crippen MR) is 93.3 cm³/mol. The molecule has 1 unspecified atom stereocenters. The van der Waals surface area contributed by atoms with Crippen LogP contribution in [0.4, 0.5) is 5.82 Å². The molecule has 4 atom stereocenters. The van der Waals surface area contributed by atoms with E-state index in [1.54, 1.807) is 7.05 Å². The number of fused-ring (bicyclic) bond motifs is 1. The van der Waals surface area contributed by atoms with Crippen LogP contribution >= 0.6 is 19.2 Å². The van der Waals surface area contributed by atoms with E-state index in [0.717, 1.165) is 0 Å². The summed E-state index contributed by atoms with van der Waals surface area (Å²) in [5.74, 6) is -1.18. The first-order chi connectivity index (χ1) is 12.7. The number of aliphatic hydroxyl groups is 2. The molecule has 3 heterocycles. The van der Waals surface area contributed by atoms with Gasteiger partial charge in [-0.1, -0.05) is 0 Å². The summed E-state index contributed by atoms with van der Waals surface area (Å²) in [7, 11) is -2.94. The molecule has 0 aromatic carbocycles. The second-order valence-corrected chi connectivity index (χ2v) is 8.02. The zero-order valence-electron chi connectivity index (χ0n) is 14.1. The van der Waals surface area contributed by atoms with Crippen molar-refractivity contribution in [2.75, 3.05) is 25.6 Å². The molecular weight excluding hydrogens is 405 g/mol. The van der Waals surface area contributed by atoms with E-state index >= 15 is 0 Å². The molecule has 12 nitrogen and oxygen atoms in total. The van der Waals surface area contributed by atoms with Crippen LogP contribution in [0.5, 0.6) is 0 Å². The van der Waals surface area contributed by atoms with Crippen LogP contribution in [0.15, 0.2) is 6.20 Å². The molecule has 2 aromatic rings. The first-order valence-electron chi connectivity index (χ1n) is 7.94.